The van der Waals surface area contributed by atoms with Crippen molar-refractivity contribution < 1.29 is 27.9 Å². The molecule has 46 heavy (non-hydrogen) atoms. The van der Waals surface area contributed by atoms with Crippen LogP contribution >= 0.6 is 0 Å². The van der Waals surface area contributed by atoms with Gasteiger partial charge in [-0.1, -0.05) is 42.8 Å². The van der Waals surface area contributed by atoms with E-state index in [0.29, 0.717) is 42.3 Å². The highest BCUT2D eigenvalue weighted by atomic mass is 32.2. The van der Waals surface area contributed by atoms with Gasteiger partial charge < -0.3 is 26.4 Å². The maximum absolute atomic E-state index is 13.9. The highest BCUT2D eigenvalue weighted by Crippen LogP contribution is 2.34. The van der Waals surface area contributed by atoms with E-state index in [2.05, 4.69) is 10.6 Å². The van der Waals surface area contributed by atoms with Gasteiger partial charge >= 0.3 is 5.97 Å². The number of nitrogens with zero attached hydrogens (tertiary/aromatic N) is 2. The summed E-state index contributed by atoms with van der Waals surface area (Å²) in [4.78, 5) is 39.8. The van der Waals surface area contributed by atoms with Crippen LogP contribution in [0, 0.1) is 5.41 Å². The van der Waals surface area contributed by atoms with Crippen LogP contribution in [0.1, 0.15) is 50.5 Å². The SMILES string of the molecule is CN(C)c1cccc2c(S(=O)(=O)N3CCCC3C(=O)N[C@@H](Cc3ccc(NC(=O)CCCCCC(=N)N)cc3)C(=O)O)cccc12. The molecule has 6 N–H and O–H groups in total. The van der Waals surface area contributed by atoms with Crippen molar-refractivity contribution in [2.24, 2.45) is 5.73 Å². The van der Waals surface area contributed by atoms with E-state index in [1.807, 2.05) is 31.1 Å². The van der Waals surface area contributed by atoms with Gasteiger partial charge in [0.25, 0.3) is 0 Å². The predicted molar refractivity (Wildman–Crippen MR) is 179 cm³/mol. The van der Waals surface area contributed by atoms with Crippen LogP contribution in [0.2, 0.25) is 0 Å². The molecular formula is C33H42N6O6S. The summed E-state index contributed by atoms with van der Waals surface area (Å²) in [6.07, 6.45) is 3.79. The molecule has 3 aromatic rings. The number of aliphatic carboxylic acids is 1. The number of unbranched alkanes of at least 4 members (excludes halogenated alkanes) is 2. The quantitative estimate of drug-likeness (QED) is 0.0936. The molecule has 0 spiro atoms. The minimum atomic E-state index is -4.09. The van der Waals surface area contributed by atoms with E-state index in [0.717, 1.165) is 23.9 Å². The van der Waals surface area contributed by atoms with Gasteiger partial charge in [-0.25, -0.2) is 13.2 Å². The van der Waals surface area contributed by atoms with Crippen LogP contribution in [0.4, 0.5) is 11.4 Å². The largest absolute Gasteiger partial charge is 0.480 e. The highest BCUT2D eigenvalue weighted by molar-refractivity contribution is 7.89. The summed E-state index contributed by atoms with van der Waals surface area (Å²) in [5.41, 5.74) is 7.39. The van der Waals surface area contributed by atoms with Crippen molar-refractivity contribution in [2.45, 2.75) is 68.3 Å². The molecule has 246 valence electrons. The number of anilines is 2. The topological polar surface area (TPSA) is 186 Å². The van der Waals surface area contributed by atoms with Crippen molar-refractivity contribution in [3.63, 3.8) is 0 Å². The molecule has 12 nitrogen and oxygen atoms in total. The Morgan fingerprint density at radius 1 is 1.00 bits per heavy atom. The number of carbonyl (C=O) groups excluding carboxylic acids is 2. The number of benzene rings is 3. The Morgan fingerprint density at radius 2 is 1.67 bits per heavy atom. The fourth-order valence-electron chi connectivity index (χ4n) is 5.72. The van der Waals surface area contributed by atoms with Crippen LogP contribution in [0.5, 0.6) is 0 Å². The second-order valence-electron chi connectivity index (χ2n) is 11.7. The molecule has 0 radical (unpaired) electrons. The Kier molecular flexibility index (Phi) is 11.4. The Labute approximate surface area is 269 Å². The lowest BCUT2D eigenvalue weighted by Gasteiger charge is -2.26. The molecule has 0 bridgehead atoms. The minimum absolute atomic E-state index is 0.0262. The summed E-state index contributed by atoms with van der Waals surface area (Å²) in [6, 6.07) is 14.9. The molecule has 1 aliphatic rings. The van der Waals surface area contributed by atoms with E-state index in [1.54, 1.807) is 42.5 Å². The Balaban J connectivity index is 1.40. The summed E-state index contributed by atoms with van der Waals surface area (Å²) < 4.78 is 29.1. The van der Waals surface area contributed by atoms with Gasteiger partial charge in [0.05, 0.1) is 10.7 Å². The van der Waals surface area contributed by atoms with Gasteiger partial charge in [-0.2, -0.15) is 4.31 Å². The van der Waals surface area contributed by atoms with Crippen molar-refractivity contribution in [1.82, 2.24) is 9.62 Å². The number of sulfonamides is 1. The number of amides is 2. The number of carbonyl (C=O) groups is 3. The summed E-state index contributed by atoms with van der Waals surface area (Å²) in [5.74, 6) is -1.91. The average molecular weight is 651 g/mol. The first-order valence-electron chi connectivity index (χ1n) is 15.3. The Bertz CT molecular complexity index is 1690. The molecule has 13 heteroatoms. The van der Waals surface area contributed by atoms with Crippen LogP contribution in [0.3, 0.4) is 0 Å². The minimum Gasteiger partial charge on any atom is -0.480 e. The third-order valence-electron chi connectivity index (χ3n) is 8.08. The third kappa shape index (κ3) is 8.40. The number of hydrogen-bond donors (Lipinski definition) is 5. The van der Waals surface area contributed by atoms with Crippen LogP contribution in [-0.4, -0.2) is 74.2 Å². The number of nitrogens with two attached hydrogens (primary N) is 1. The van der Waals surface area contributed by atoms with Crippen molar-refractivity contribution in [3.8, 4) is 0 Å². The third-order valence-corrected chi connectivity index (χ3v) is 10.0. The van der Waals surface area contributed by atoms with Crippen molar-refractivity contribution in [3.05, 3.63) is 66.2 Å². The van der Waals surface area contributed by atoms with Crippen molar-refractivity contribution in [2.75, 3.05) is 30.9 Å². The lowest BCUT2D eigenvalue weighted by molar-refractivity contribution is -0.142. The molecule has 0 aromatic heterocycles. The summed E-state index contributed by atoms with van der Waals surface area (Å²) >= 11 is 0. The van der Waals surface area contributed by atoms with Gasteiger partial charge in [-0.15, -0.1) is 0 Å². The number of hydrogen-bond acceptors (Lipinski definition) is 7. The number of rotatable bonds is 15. The van der Waals surface area contributed by atoms with Crippen LogP contribution in [-0.2, 0) is 30.8 Å². The fraction of sp³-hybridized carbons (Fsp3) is 0.394. The lowest BCUT2D eigenvalue weighted by atomic mass is 10.0. The highest BCUT2D eigenvalue weighted by Gasteiger charge is 2.41. The molecule has 4 rings (SSSR count). The standard InChI is InChI=1S/C33H42N6O6S/c1-38(2)27-11-6-10-25-24(27)9-7-13-29(25)46(44,45)39-20-8-12-28(39)32(41)37-26(33(42)43)21-22-16-18-23(19-17-22)36-31(40)15-5-3-4-14-30(34)35/h6-7,9-11,13,16-19,26,28H,3-5,8,12,14-15,20-21H2,1-2H3,(H3,34,35)(H,36,40)(H,37,41)(H,42,43)/t26-,28?/m0/s1. The summed E-state index contributed by atoms with van der Waals surface area (Å²) in [7, 11) is -0.325. The predicted octanol–water partition coefficient (Wildman–Crippen LogP) is 3.70. The molecule has 1 saturated heterocycles. The lowest BCUT2D eigenvalue weighted by Crippen LogP contribution is -2.51. The maximum atomic E-state index is 13.9. The maximum Gasteiger partial charge on any atom is 0.326 e. The molecule has 2 amide bonds. The number of carboxylic acids is 1. The zero-order valence-corrected chi connectivity index (χ0v) is 27.0. The van der Waals surface area contributed by atoms with E-state index in [-0.39, 0.29) is 36.0 Å². The first-order chi connectivity index (χ1) is 21.9. The van der Waals surface area contributed by atoms with Gasteiger partial charge in [0.1, 0.15) is 12.1 Å². The second kappa shape index (κ2) is 15.2. The number of amidine groups is 1. The second-order valence-corrected chi connectivity index (χ2v) is 13.6. The molecule has 0 aliphatic carbocycles. The first kappa shape index (κ1) is 34.4. The normalized spacial score (nSPS) is 15.7. The molecule has 1 aliphatic heterocycles. The van der Waals surface area contributed by atoms with Gasteiger partial charge in [-0.05, 0) is 55.5 Å². The van der Waals surface area contributed by atoms with E-state index in [4.69, 9.17) is 11.1 Å². The van der Waals surface area contributed by atoms with Gasteiger partial charge in [-0.3, -0.25) is 15.0 Å². The smallest absolute Gasteiger partial charge is 0.326 e. The van der Waals surface area contributed by atoms with E-state index in [1.165, 1.54) is 10.4 Å². The van der Waals surface area contributed by atoms with Crippen molar-refractivity contribution in [1.29, 1.82) is 5.41 Å². The van der Waals surface area contributed by atoms with Crippen molar-refractivity contribution >= 4 is 55.8 Å². The summed E-state index contributed by atoms with van der Waals surface area (Å²) in [6.45, 7) is 0.146. The molecule has 1 unspecified atom stereocenters. The molecule has 0 saturated carbocycles. The van der Waals surface area contributed by atoms with E-state index in [9.17, 15) is 27.9 Å². The zero-order chi connectivity index (χ0) is 33.4. The van der Waals surface area contributed by atoms with E-state index < -0.39 is 34.0 Å². The summed E-state index contributed by atoms with van der Waals surface area (Å²) in [5, 5.41) is 23.8. The Hall–Kier alpha value is -4.49. The number of nitrogens with one attached hydrogen (secondary N) is 3. The Morgan fingerprint density at radius 3 is 2.35 bits per heavy atom. The molecular weight excluding hydrogens is 608 g/mol. The number of carboxylic acid groups (broad SMARTS) is 1. The van der Waals surface area contributed by atoms with Gasteiger partial charge in [0.15, 0.2) is 0 Å². The van der Waals surface area contributed by atoms with Crippen LogP contribution in [0.25, 0.3) is 10.8 Å². The van der Waals surface area contributed by atoms with E-state index >= 15 is 0 Å². The molecule has 1 heterocycles. The monoisotopic (exact) mass is 650 g/mol. The molecule has 3 aromatic carbocycles. The molecule has 2 atom stereocenters. The van der Waals surface area contributed by atoms with Crippen LogP contribution < -0.4 is 21.3 Å². The van der Waals surface area contributed by atoms with Crippen LogP contribution in [0.15, 0.2) is 65.6 Å². The first-order valence-corrected chi connectivity index (χ1v) is 16.8. The fourth-order valence-corrected chi connectivity index (χ4v) is 7.59. The molecule has 1 fully saturated rings. The zero-order valence-electron chi connectivity index (χ0n) is 26.2. The average Bonchev–Trinajstić information content (AvgIpc) is 3.52. The van der Waals surface area contributed by atoms with Gasteiger partial charge in [0.2, 0.25) is 21.8 Å². The van der Waals surface area contributed by atoms with Gasteiger partial charge in [0, 0.05) is 62.0 Å². The number of fused-ring (bicyclic) bond motifs is 1.